The number of thioether (sulfide) groups is 1. The number of anilines is 1. The summed E-state index contributed by atoms with van der Waals surface area (Å²) in [6, 6.07) is 16.7. The Balaban J connectivity index is 1.62. The maximum atomic E-state index is 13.1. The first-order chi connectivity index (χ1) is 14.6. The molecule has 0 aliphatic rings. The first kappa shape index (κ1) is 22.8. The average Bonchev–Trinajstić information content (AvgIpc) is 3.19. The van der Waals surface area contributed by atoms with Crippen molar-refractivity contribution in [3.8, 4) is 0 Å². The third-order valence-corrected chi connectivity index (χ3v) is 7.33. The molecule has 6 heteroatoms. The van der Waals surface area contributed by atoms with Gasteiger partial charge in [0.05, 0.1) is 10.2 Å². The number of aromatic nitrogens is 1. The van der Waals surface area contributed by atoms with Gasteiger partial charge in [0.15, 0.2) is 5.13 Å². The zero-order valence-electron chi connectivity index (χ0n) is 18.1. The Labute approximate surface area is 188 Å². The Hall–Kier alpha value is -1.89. The molecule has 0 bridgehead atoms. The highest BCUT2D eigenvalue weighted by Gasteiger charge is 2.20. The van der Waals surface area contributed by atoms with Crippen LogP contribution < -0.4 is 4.90 Å². The summed E-state index contributed by atoms with van der Waals surface area (Å²) in [5, 5.41) is 0.819. The zero-order valence-corrected chi connectivity index (χ0v) is 19.8. The number of amides is 1. The van der Waals surface area contributed by atoms with E-state index in [1.807, 2.05) is 34.9 Å². The number of para-hydroxylation sites is 1. The molecule has 0 spiro atoms. The second-order valence-corrected chi connectivity index (χ2v) is 9.48. The first-order valence-electron chi connectivity index (χ1n) is 10.7. The van der Waals surface area contributed by atoms with Gasteiger partial charge in [0, 0.05) is 24.4 Å². The lowest BCUT2D eigenvalue weighted by molar-refractivity contribution is -0.118. The molecule has 0 N–H and O–H groups in total. The number of hydrogen-bond acceptors (Lipinski definition) is 5. The van der Waals surface area contributed by atoms with Crippen LogP contribution in [0.3, 0.4) is 0 Å². The fourth-order valence-corrected chi connectivity index (χ4v) is 5.13. The molecule has 3 rings (SSSR count). The number of rotatable bonds is 11. The lowest BCUT2D eigenvalue weighted by Crippen LogP contribution is -2.38. The standard InChI is InChI=1S/C24H31N3OS2/c1-4-26(5-2)16-17-27(24-25-21-9-6-7-10-22(21)30-24)23(28)11-8-18-29-20-14-12-19(3)13-15-20/h6-7,9-10,12-15H,4-5,8,11,16-18H2,1-3H3. The van der Waals surface area contributed by atoms with Gasteiger partial charge in [-0.25, -0.2) is 4.98 Å². The molecule has 0 fully saturated rings. The highest BCUT2D eigenvalue weighted by molar-refractivity contribution is 7.99. The number of carbonyl (C=O) groups excluding carboxylic acids is 1. The van der Waals surface area contributed by atoms with Crippen LogP contribution in [-0.2, 0) is 4.79 Å². The molecule has 0 radical (unpaired) electrons. The smallest absolute Gasteiger partial charge is 0.228 e. The summed E-state index contributed by atoms with van der Waals surface area (Å²) in [4.78, 5) is 23.4. The summed E-state index contributed by atoms with van der Waals surface area (Å²) in [6.45, 7) is 9.96. The Kier molecular flexibility index (Phi) is 8.73. The number of likely N-dealkylation sites (N-methyl/N-ethyl adjacent to an activating group) is 1. The van der Waals surface area contributed by atoms with Crippen molar-refractivity contribution < 1.29 is 4.79 Å². The van der Waals surface area contributed by atoms with Gasteiger partial charge in [-0.3, -0.25) is 9.69 Å². The number of aryl methyl sites for hydroxylation is 1. The molecule has 1 amide bonds. The minimum Gasteiger partial charge on any atom is -0.302 e. The second-order valence-electron chi connectivity index (χ2n) is 7.30. The second kappa shape index (κ2) is 11.5. The number of benzene rings is 2. The largest absolute Gasteiger partial charge is 0.302 e. The van der Waals surface area contributed by atoms with Gasteiger partial charge in [-0.2, -0.15) is 0 Å². The molecule has 0 atom stereocenters. The van der Waals surface area contributed by atoms with Crippen LogP contribution in [0.15, 0.2) is 53.4 Å². The van der Waals surface area contributed by atoms with Crippen LogP contribution in [0.1, 0.15) is 32.3 Å². The van der Waals surface area contributed by atoms with Crippen molar-refractivity contribution in [1.82, 2.24) is 9.88 Å². The minimum absolute atomic E-state index is 0.172. The third-order valence-electron chi connectivity index (χ3n) is 5.17. The molecule has 1 aromatic heterocycles. The first-order valence-corrected chi connectivity index (χ1v) is 12.5. The summed E-state index contributed by atoms with van der Waals surface area (Å²) in [5.74, 6) is 1.11. The van der Waals surface area contributed by atoms with Gasteiger partial charge in [0.1, 0.15) is 0 Å². The van der Waals surface area contributed by atoms with Gasteiger partial charge in [0.25, 0.3) is 0 Å². The predicted octanol–water partition coefficient (Wildman–Crippen LogP) is 5.85. The minimum atomic E-state index is 0.172. The predicted molar refractivity (Wildman–Crippen MR) is 131 cm³/mol. The van der Waals surface area contributed by atoms with E-state index >= 15 is 0 Å². The van der Waals surface area contributed by atoms with E-state index < -0.39 is 0 Å². The normalized spacial score (nSPS) is 11.3. The average molecular weight is 442 g/mol. The van der Waals surface area contributed by atoms with Gasteiger partial charge in [0.2, 0.25) is 5.91 Å². The summed E-state index contributed by atoms with van der Waals surface area (Å²) in [7, 11) is 0. The van der Waals surface area contributed by atoms with Crippen LogP contribution in [0.2, 0.25) is 0 Å². The van der Waals surface area contributed by atoms with Crippen LogP contribution in [0.5, 0.6) is 0 Å². The van der Waals surface area contributed by atoms with Crippen molar-refractivity contribution >= 4 is 44.4 Å². The topological polar surface area (TPSA) is 36.4 Å². The van der Waals surface area contributed by atoms with Crippen LogP contribution in [0.4, 0.5) is 5.13 Å². The molecular formula is C24H31N3OS2. The van der Waals surface area contributed by atoms with E-state index in [9.17, 15) is 4.79 Å². The number of nitrogens with zero attached hydrogens (tertiary/aromatic N) is 3. The number of thiazole rings is 1. The van der Waals surface area contributed by atoms with Gasteiger partial charge >= 0.3 is 0 Å². The molecule has 0 unspecified atom stereocenters. The number of fused-ring (bicyclic) bond motifs is 1. The molecule has 30 heavy (non-hydrogen) atoms. The van der Waals surface area contributed by atoms with E-state index in [0.717, 1.165) is 47.2 Å². The van der Waals surface area contributed by atoms with Gasteiger partial charge in [-0.15, -0.1) is 11.8 Å². The Morgan fingerprint density at radius 1 is 1.03 bits per heavy atom. The van der Waals surface area contributed by atoms with E-state index in [1.165, 1.54) is 10.5 Å². The fourth-order valence-electron chi connectivity index (χ4n) is 3.27. The van der Waals surface area contributed by atoms with E-state index in [-0.39, 0.29) is 5.91 Å². The van der Waals surface area contributed by atoms with E-state index in [4.69, 9.17) is 4.98 Å². The van der Waals surface area contributed by atoms with Crippen molar-refractivity contribution in [3.05, 3.63) is 54.1 Å². The summed E-state index contributed by atoms with van der Waals surface area (Å²) in [5.41, 5.74) is 2.24. The maximum Gasteiger partial charge on any atom is 0.228 e. The van der Waals surface area contributed by atoms with Crippen molar-refractivity contribution in [3.63, 3.8) is 0 Å². The highest BCUT2D eigenvalue weighted by Crippen LogP contribution is 2.29. The molecule has 0 aliphatic carbocycles. The van der Waals surface area contributed by atoms with Crippen LogP contribution in [0, 0.1) is 6.92 Å². The highest BCUT2D eigenvalue weighted by atomic mass is 32.2. The van der Waals surface area contributed by atoms with Gasteiger partial charge in [-0.05, 0) is 56.5 Å². The summed E-state index contributed by atoms with van der Waals surface area (Å²) in [6.07, 6.45) is 1.41. The fraction of sp³-hybridized carbons (Fsp3) is 0.417. The van der Waals surface area contributed by atoms with Crippen molar-refractivity contribution in [2.24, 2.45) is 0 Å². The molecule has 160 valence electrons. The van der Waals surface area contributed by atoms with Crippen LogP contribution >= 0.6 is 23.1 Å². The third kappa shape index (κ3) is 6.30. The number of carbonyl (C=O) groups is 1. The molecule has 0 saturated heterocycles. The Bertz CT molecular complexity index is 902. The zero-order chi connectivity index (χ0) is 21.3. The lowest BCUT2D eigenvalue weighted by Gasteiger charge is -2.24. The van der Waals surface area contributed by atoms with E-state index in [0.29, 0.717) is 13.0 Å². The Morgan fingerprint density at radius 3 is 2.47 bits per heavy atom. The quantitative estimate of drug-likeness (QED) is 0.276. The summed E-state index contributed by atoms with van der Waals surface area (Å²) >= 11 is 3.42. The van der Waals surface area contributed by atoms with Crippen molar-refractivity contribution in [1.29, 1.82) is 0 Å². The van der Waals surface area contributed by atoms with E-state index in [2.05, 4.69) is 56.0 Å². The lowest BCUT2D eigenvalue weighted by atomic mass is 10.2. The van der Waals surface area contributed by atoms with Gasteiger partial charge in [-0.1, -0.05) is 55.0 Å². The molecule has 3 aromatic rings. The molecule has 4 nitrogen and oxygen atoms in total. The van der Waals surface area contributed by atoms with Crippen LogP contribution in [-0.4, -0.2) is 47.7 Å². The molecule has 2 aromatic carbocycles. The summed E-state index contributed by atoms with van der Waals surface area (Å²) < 4.78 is 1.13. The van der Waals surface area contributed by atoms with E-state index in [1.54, 1.807) is 11.3 Å². The molecule has 0 saturated carbocycles. The van der Waals surface area contributed by atoms with Crippen molar-refractivity contribution in [2.75, 3.05) is 36.8 Å². The van der Waals surface area contributed by atoms with Gasteiger partial charge < -0.3 is 4.90 Å². The SMILES string of the molecule is CCN(CC)CCN(C(=O)CCCSc1ccc(C)cc1)c1nc2ccccc2s1. The monoisotopic (exact) mass is 441 g/mol. The number of hydrogen-bond donors (Lipinski definition) is 0. The maximum absolute atomic E-state index is 13.1. The van der Waals surface area contributed by atoms with Crippen LogP contribution in [0.25, 0.3) is 10.2 Å². The molecule has 0 aliphatic heterocycles. The molecular weight excluding hydrogens is 410 g/mol. The molecule has 1 heterocycles. The van der Waals surface area contributed by atoms with Crippen molar-refractivity contribution in [2.45, 2.75) is 38.5 Å². The Morgan fingerprint density at radius 2 is 1.77 bits per heavy atom.